The van der Waals surface area contributed by atoms with Gasteiger partial charge in [0.2, 0.25) is 0 Å². The van der Waals surface area contributed by atoms with E-state index in [9.17, 15) is 22.4 Å². The molecule has 1 saturated heterocycles. The molecule has 1 amide bonds. The van der Waals surface area contributed by atoms with Crippen molar-refractivity contribution in [3.8, 4) is 0 Å². The molecule has 0 radical (unpaired) electrons. The summed E-state index contributed by atoms with van der Waals surface area (Å²) in [6.45, 7) is 1.37. The van der Waals surface area contributed by atoms with E-state index in [0.717, 1.165) is 19.4 Å². The second kappa shape index (κ2) is 5.78. The van der Waals surface area contributed by atoms with Crippen LogP contribution in [0.3, 0.4) is 0 Å². The summed E-state index contributed by atoms with van der Waals surface area (Å²) in [6, 6.07) is 1.64. The van der Waals surface area contributed by atoms with Gasteiger partial charge in [0.1, 0.15) is 5.82 Å². The van der Waals surface area contributed by atoms with Crippen molar-refractivity contribution in [2.75, 3.05) is 13.1 Å². The summed E-state index contributed by atoms with van der Waals surface area (Å²) in [4.78, 5) is 11.9. The van der Waals surface area contributed by atoms with Crippen LogP contribution in [0.25, 0.3) is 0 Å². The van der Waals surface area contributed by atoms with Gasteiger partial charge in [-0.3, -0.25) is 4.79 Å². The van der Waals surface area contributed by atoms with Crippen molar-refractivity contribution < 1.29 is 22.4 Å². The summed E-state index contributed by atoms with van der Waals surface area (Å²) < 4.78 is 51.2. The Kier molecular flexibility index (Phi) is 4.27. The largest absolute Gasteiger partial charge is 0.416 e. The Hall–Kier alpha value is -1.63. The van der Waals surface area contributed by atoms with Gasteiger partial charge in [-0.05, 0) is 37.6 Å². The van der Waals surface area contributed by atoms with E-state index in [4.69, 9.17) is 0 Å². The van der Waals surface area contributed by atoms with E-state index < -0.39 is 29.0 Å². The fourth-order valence-electron chi connectivity index (χ4n) is 2.11. The highest BCUT2D eigenvalue weighted by Crippen LogP contribution is 2.30. The average molecular weight is 290 g/mol. The molecule has 1 aromatic carbocycles. The number of halogens is 4. The molecule has 7 heteroatoms. The first kappa shape index (κ1) is 14.8. The number of hydrogen-bond acceptors (Lipinski definition) is 2. The van der Waals surface area contributed by atoms with Crippen LogP contribution < -0.4 is 10.6 Å². The molecule has 1 atom stereocenters. The van der Waals surface area contributed by atoms with Crippen molar-refractivity contribution in [3.63, 3.8) is 0 Å². The maximum Gasteiger partial charge on any atom is 0.416 e. The number of alkyl halides is 3. The molecular formula is C13H14F4N2O. The van der Waals surface area contributed by atoms with Gasteiger partial charge in [0, 0.05) is 12.6 Å². The number of carbonyl (C=O) groups is 1. The lowest BCUT2D eigenvalue weighted by atomic mass is 10.1. The smallest absolute Gasteiger partial charge is 0.348 e. The van der Waals surface area contributed by atoms with Gasteiger partial charge >= 0.3 is 6.18 Å². The number of hydrogen-bond donors (Lipinski definition) is 2. The predicted molar refractivity (Wildman–Crippen MR) is 64.8 cm³/mol. The Bertz CT molecular complexity index is 496. The molecule has 0 saturated carbocycles. The first-order valence-corrected chi connectivity index (χ1v) is 6.26. The van der Waals surface area contributed by atoms with Gasteiger partial charge in [-0.15, -0.1) is 0 Å². The summed E-state index contributed by atoms with van der Waals surface area (Å²) in [5, 5.41) is 5.60. The molecule has 20 heavy (non-hydrogen) atoms. The molecule has 1 aromatic rings. The van der Waals surface area contributed by atoms with E-state index in [1.807, 2.05) is 0 Å². The zero-order chi connectivity index (χ0) is 14.8. The lowest BCUT2D eigenvalue weighted by Gasteiger charge is -2.24. The number of benzene rings is 1. The van der Waals surface area contributed by atoms with Gasteiger partial charge in [-0.25, -0.2) is 4.39 Å². The summed E-state index contributed by atoms with van der Waals surface area (Å²) in [5.74, 6) is -1.78. The van der Waals surface area contributed by atoms with Gasteiger partial charge in [-0.2, -0.15) is 13.2 Å². The van der Waals surface area contributed by atoms with Crippen LogP contribution in [-0.4, -0.2) is 25.0 Å². The van der Waals surface area contributed by atoms with Gasteiger partial charge in [0.15, 0.2) is 0 Å². The lowest BCUT2D eigenvalue weighted by Crippen LogP contribution is -2.45. The highest BCUT2D eigenvalue weighted by atomic mass is 19.4. The molecule has 2 rings (SSSR count). The third-order valence-corrected chi connectivity index (χ3v) is 3.17. The van der Waals surface area contributed by atoms with E-state index in [2.05, 4.69) is 10.6 Å². The minimum Gasteiger partial charge on any atom is -0.348 e. The van der Waals surface area contributed by atoms with E-state index in [-0.39, 0.29) is 6.04 Å². The van der Waals surface area contributed by atoms with Gasteiger partial charge in [0.05, 0.1) is 11.1 Å². The summed E-state index contributed by atoms with van der Waals surface area (Å²) in [7, 11) is 0. The number of nitrogens with one attached hydrogen (secondary N) is 2. The SMILES string of the molecule is O=C(N[C@@H]1CCCNC1)c1cc(C(F)(F)F)ccc1F. The van der Waals surface area contributed by atoms with Crippen molar-refractivity contribution in [2.45, 2.75) is 25.1 Å². The Morgan fingerprint density at radius 2 is 2.10 bits per heavy atom. The minimum atomic E-state index is -4.60. The van der Waals surface area contributed by atoms with Crippen LogP contribution in [0.4, 0.5) is 17.6 Å². The zero-order valence-corrected chi connectivity index (χ0v) is 10.6. The Morgan fingerprint density at radius 1 is 1.35 bits per heavy atom. The van der Waals surface area contributed by atoms with Gasteiger partial charge < -0.3 is 10.6 Å². The van der Waals surface area contributed by atoms with E-state index >= 15 is 0 Å². The third-order valence-electron chi connectivity index (χ3n) is 3.17. The third kappa shape index (κ3) is 3.47. The molecule has 1 fully saturated rings. The molecule has 0 aromatic heterocycles. The van der Waals surface area contributed by atoms with Crippen molar-refractivity contribution in [1.29, 1.82) is 0 Å². The molecule has 1 aliphatic rings. The molecular weight excluding hydrogens is 276 g/mol. The Morgan fingerprint density at radius 3 is 2.70 bits per heavy atom. The summed E-state index contributed by atoms with van der Waals surface area (Å²) in [6.07, 6.45) is -3.02. The Balaban J connectivity index is 2.16. The fourth-order valence-corrected chi connectivity index (χ4v) is 2.11. The quantitative estimate of drug-likeness (QED) is 0.821. The summed E-state index contributed by atoms with van der Waals surface area (Å²) >= 11 is 0. The van der Waals surface area contributed by atoms with Crippen molar-refractivity contribution in [1.82, 2.24) is 10.6 Å². The number of amides is 1. The van der Waals surface area contributed by atoms with Crippen LogP contribution in [0, 0.1) is 5.82 Å². The standard InChI is InChI=1S/C13H14F4N2O/c14-11-4-3-8(13(15,16)17)6-10(11)12(20)19-9-2-1-5-18-7-9/h3-4,6,9,18H,1-2,5,7H2,(H,19,20)/t9-/m1/s1. The van der Waals surface area contributed by atoms with Crippen molar-refractivity contribution >= 4 is 5.91 Å². The van der Waals surface area contributed by atoms with Crippen LogP contribution in [0.5, 0.6) is 0 Å². The van der Waals surface area contributed by atoms with Crippen molar-refractivity contribution in [3.05, 3.63) is 35.1 Å². The van der Waals surface area contributed by atoms with Gasteiger partial charge in [0.25, 0.3) is 5.91 Å². The Labute approximate surface area is 113 Å². The molecule has 0 bridgehead atoms. The molecule has 0 spiro atoms. The van der Waals surface area contributed by atoms with E-state index in [1.165, 1.54) is 0 Å². The summed E-state index contributed by atoms with van der Waals surface area (Å²) in [5.41, 5.74) is -1.61. The molecule has 3 nitrogen and oxygen atoms in total. The van der Waals surface area contributed by atoms with Crippen LogP contribution in [-0.2, 0) is 6.18 Å². The maximum atomic E-state index is 13.5. The zero-order valence-electron chi connectivity index (χ0n) is 10.6. The van der Waals surface area contributed by atoms with Crippen LogP contribution in [0.1, 0.15) is 28.8 Å². The first-order valence-electron chi connectivity index (χ1n) is 6.26. The monoisotopic (exact) mass is 290 g/mol. The average Bonchev–Trinajstić information content (AvgIpc) is 2.39. The van der Waals surface area contributed by atoms with Crippen LogP contribution >= 0.6 is 0 Å². The maximum absolute atomic E-state index is 13.5. The predicted octanol–water partition coefficient (Wildman–Crippen LogP) is 2.33. The molecule has 0 aliphatic carbocycles. The molecule has 1 heterocycles. The van der Waals surface area contributed by atoms with Crippen molar-refractivity contribution in [2.24, 2.45) is 0 Å². The normalized spacial score (nSPS) is 19.7. The van der Waals surface area contributed by atoms with E-state index in [1.54, 1.807) is 0 Å². The minimum absolute atomic E-state index is 0.190. The molecule has 110 valence electrons. The molecule has 1 aliphatic heterocycles. The highest BCUT2D eigenvalue weighted by Gasteiger charge is 2.32. The molecule has 0 unspecified atom stereocenters. The van der Waals surface area contributed by atoms with Gasteiger partial charge in [-0.1, -0.05) is 0 Å². The number of carbonyl (C=O) groups excluding carboxylic acids is 1. The topological polar surface area (TPSA) is 41.1 Å². The lowest BCUT2D eigenvalue weighted by molar-refractivity contribution is -0.137. The van der Waals surface area contributed by atoms with E-state index in [0.29, 0.717) is 24.7 Å². The first-order chi connectivity index (χ1) is 9.38. The second-order valence-electron chi connectivity index (χ2n) is 4.71. The number of rotatable bonds is 2. The van der Waals surface area contributed by atoms with Crippen LogP contribution in [0.2, 0.25) is 0 Å². The second-order valence-corrected chi connectivity index (χ2v) is 4.71. The molecule has 2 N–H and O–H groups in total. The van der Waals surface area contributed by atoms with Crippen LogP contribution in [0.15, 0.2) is 18.2 Å². The number of piperidine rings is 1. The fraction of sp³-hybridized carbons (Fsp3) is 0.462. The highest BCUT2D eigenvalue weighted by molar-refractivity contribution is 5.94.